The second-order valence-electron chi connectivity index (χ2n) is 8.16. The van der Waals surface area contributed by atoms with Gasteiger partial charge in [0.1, 0.15) is 23.2 Å². The molecule has 3 rings (SSSR count). The van der Waals surface area contributed by atoms with Crippen LogP contribution in [0.25, 0.3) is 0 Å². The SMILES string of the molecule is CC(C)(C)OC(=O)NC(c1ccc(Cl)c(C(=O)c2ccc(C#N)cn2)c1F)C1CC1. The number of pyridine rings is 1. The number of hydrogen-bond acceptors (Lipinski definition) is 5. The smallest absolute Gasteiger partial charge is 0.408 e. The molecule has 8 heteroatoms. The second kappa shape index (κ2) is 8.41. The summed E-state index contributed by atoms with van der Waals surface area (Å²) >= 11 is 6.14. The molecule has 1 fully saturated rings. The second-order valence-corrected chi connectivity index (χ2v) is 8.57. The van der Waals surface area contributed by atoms with Crippen LogP contribution in [0, 0.1) is 23.1 Å². The Labute approximate surface area is 179 Å². The lowest BCUT2D eigenvalue weighted by Gasteiger charge is -2.24. The summed E-state index contributed by atoms with van der Waals surface area (Å²) in [5.41, 5.74) is -0.593. The first-order valence-corrected chi connectivity index (χ1v) is 9.87. The maximum absolute atomic E-state index is 15.5. The molecule has 6 nitrogen and oxygen atoms in total. The van der Waals surface area contributed by atoms with E-state index in [2.05, 4.69) is 10.3 Å². The molecule has 0 radical (unpaired) electrons. The molecule has 1 aliphatic carbocycles. The van der Waals surface area contributed by atoms with Gasteiger partial charge in [-0.2, -0.15) is 5.26 Å². The van der Waals surface area contributed by atoms with Crippen LogP contribution in [0.2, 0.25) is 5.02 Å². The van der Waals surface area contributed by atoms with Gasteiger partial charge in [-0.25, -0.2) is 9.18 Å². The number of carbonyl (C=O) groups excluding carboxylic acids is 2. The highest BCUT2D eigenvalue weighted by Crippen LogP contribution is 2.43. The molecule has 30 heavy (non-hydrogen) atoms. The van der Waals surface area contributed by atoms with Crippen LogP contribution in [0.15, 0.2) is 30.5 Å². The van der Waals surface area contributed by atoms with Gasteiger partial charge in [-0.1, -0.05) is 17.7 Å². The summed E-state index contributed by atoms with van der Waals surface area (Å²) in [5, 5.41) is 11.5. The molecule has 0 aliphatic heterocycles. The third kappa shape index (κ3) is 4.95. The molecule has 156 valence electrons. The number of benzene rings is 1. The van der Waals surface area contributed by atoms with Crippen molar-refractivity contribution in [3.05, 3.63) is 63.7 Å². The lowest BCUT2D eigenvalue weighted by Crippen LogP contribution is -2.36. The minimum atomic E-state index is -0.799. The van der Waals surface area contributed by atoms with E-state index in [9.17, 15) is 9.59 Å². The molecule has 0 spiro atoms. The fourth-order valence-electron chi connectivity index (χ4n) is 3.05. The van der Waals surface area contributed by atoms with Gasteiger partial charge in [-0.3, -0.25) is 9.78 Å². The molecule has 1 unspecified atom stereocenters. The van der Waals surface area contributed by atoms with Gasteiger partial charge in [0.25, 0.3) is 0 Å². The number of halogens is 2. The fraction of sp³-hybridized carbons (Fsp3) is 0.364. The van der Waals surface area contributed by atoms with Crippen molar-refractivity contribution in [3.63, 3.8) is 0 Å². The van der Waals surface area contributed by atoms with Crippen LogP contribution in [0.5, 0.6) is 0 Å². The van der Waals surface area contributed by atoms with Crippen molar-refractivity contribution >= 4 is 23.5 Å². The van der Waals surface area contributed by atoms with Gasteiger partial charge in [0.15, 0.2) is 0 Å². The van der Waals surface area contributed by atoms with Crippen molar-refractivity contribution in [2.75, 3.05) is 0 Å². The van der Waals surface area contributed by atoms with Crippen LogP contribution in [-0.2, 0) is 4.74 Å². The van der Waals surface area contributed by atoms with Gasteiger partial charge in [0.05, 0.1) is 22.2 Å². The van der Waals surface area contributed by atoms with Gasteiger partial charge < -0.3 is 10.1 Å². The number of hydrogen-bond donors (Lipinski definition) is 1. The number of nitrogens with zero attached hydrogens (tertiary/aromatic N) is 2. The normalized spacial score (nSPS) is 14.5. The topological polar surface area (TPSA) is 92.1 Å². The van der Waals surface area contributed by atoms with Crippen molar-refractivity contribution in [2.45, 2.75) is 45.3 Å². The fourth-order valence-corrected chi connectivity index (χ4v) is 3.28. The first-order chi connectivity index (χ1) is 14.1. The minimum absolute atomic E-state index is 0.0324. The Bertz CT molecular complexity index is 1020. The van der Waals surface area contributed by atoms with Crippen LogP contribution < -0.4 is 5.32 Å². The van der Waals surface area contributed by atoms with Crippen molar-refractivity contribution in [3.8, 4) is 6.07 Å². The third-order valence-corrected chi connectivity index (χ3v) is 4.89. The zero-order valence-corrected chi connectivity index (χ0v) is 17.6. The molecule has 1 aromatic heterocycles. The number of nitrogens with one attached hydrogen (secondary N) is 1. The largest absolute Gasteiger partial charge is 0.444 e. The standard InChI is InChI=1S/C22H21ClFN3O3/c1-22(2,3)30-21(29)27-19(13-5-6-13)14-7-8-15(23)17(18(14)24)20(28)16-9-4-12(10-25)11-26-16/h4,7-9,11,13,19H,5-6H2,1-3H3,(H,27,29). The molecular weight excluding hydrogens is 409 g/mol. The summed E-state index contributed by atoms with van der Waals surface area (Å²) in [5.74, 6) is -1.45. The molecule has 1 atom stereocenters. The molecule has 1 aliphatic rings. The van der Waals surface area contributed by atoms with Crippen LogP contribution in [0.1, 0.15) is 66.8 Å². The van der Waals surface area contributed by atoms with E-state index in [0.29, 0.717) is 0 Å². The highest BCUT2D eigenvalue weighted by atomic mass is 35.5. The third-order valence-electron chi connectivity index (χ3n) is 4.57. The predicted molar refractivity (Wildman–Crippen MR) is 109 cm³/mol. The van der Waals surface area contributed by atoms with Gasteiger partial charge in [-0.05, 0) is 57.7 Å². The maximum atomic E-state index is 15.5. The number of ketones is 1. The van der Waals surface area contributed by atoms with E-state index in [-0.39, 0.29) is 33.3 Å². The number of ether oxygens (including phenoxy) is 1. The average Bonchev–Trinajstić information content (AvgIpc) is 3.50. The number of alkyl carbamates (subject to hydrolysis) is 1. The first kappa shape index (κ1) is 21.7. The van der Waals surface area contributed by atoms with Crippen molar-refractivity contribution in [1.82, 2.24) is 10.3 Å². The summed E-state index contributed by atoms with van der Waals surface area (Å²) in [4.78, 5) is 29.1. The van der Waals surface area contributed by atoms with Crippen molar-refractivity contribution < 1.29 is 18.7 Å². The van der Waals surface area contributed by atoms with E-state index in [1.54, 1.807) is 20.8 Å². The molecule has 0 bridgehead atoms. The number of aromatic nitrogens is 1. The maximum Gasteiger partial charge on any atom is 0.408 e. The summed E-state index contributed by atoms with van der Waals surface area (Å²) in [6.07, 6.45) is 2.22. The van der Waals surface area contributed by atoms with E-state index >= 15 is 4.39 Å². The highest BCUT2D eigenvalue weighted by Gasteiger charge is 2.37. The lowest BCUT2D eigenvalue weighted by molar-refractivity contribution is 0.0496. The molecule has 2 aromatic rings. The summed E-state index contributed by atoms with van der Waals surface area (Å²) < 4.78 is 20.8. The molecule has 1 aromatic carbocycles. The Morgan fingerprint density at radius 1 is 1.30 bits per heavy atom. The molecule has 1 N–H and O–H groups in total. The summed E-state index contributed by atoms with van der Waals surface area (Å²) in [6.45, 7) is 5.22. The Kier molecular flexibility index (Phi) is 6.09. The predicted octanol–water partition coefficient (Wildman–Crippen LogP) is 4.95. The Balaban J connectivity index is 1.94. The Morgan fingerprint density at radius 3 is 2.53 bits per heavy atom. The Hall–Kier alpha value is -2.98. The Morgan fingerprint density at radius 2 is 2.00 bits per heavy atom. The molecule has 1 amide bonds. The van der Waals surface area contributed by atoms with Gasteiger partial charge in [-0.15, -0.1) is 0 Å². The summed E-state index contributed by atoms with van der Waals surface area (Å²) in [7, 11) is 0. The van der Waals surface area contributed by atoms with E-state index < -0.39 is 29.3 Å². The van der Waals surface area contributed by atoms with E-state index in [4.69, 9.17) is 21.6 Å². The van der Waals surface area contributed by atoms with Crippen LogP contribution in [0.4, 0.5) is 9.18 Å². The van der Waals surface area contributed by atoms with Crippen molar-refractivity contribution in [2.24, 2.45) is 5.92 Å². The number of nitriles is 1. The number of amides is 1. The lowest BCUT2D eigenvalue weighted by atomic mass is 9.96. The van der Waals surface area contributed by atoms with Crippen molar-refractivity contribution in [1.29, 1.82) is 5.26 Å². The highest BCUT2D eigenvalue weighted by molar-refractivity contribution is 6.35. The zero-order chi connectivity index (χ0) is 22.1. The van der Waals surface area contributed by atoms with Crippen LogP contribution in [-0.4, -0.2) is 22.5 Å². The molecular formula is C22H21ClFN3O3. The zero-order valence-electron chi connectivity index (χ0n) is 16.8. The molecule has 0 saturated heterocycles. The number of carbonyl (C=O) groups is 2. The average molecular weight is 430 g/mol. The van der Waals surface area contributed by atoms with Gasteiger partial charge >= 0.3 is 6.09 Å². The van der Waals surface area contributed by atoms with Crippen LogP contribution in [0.3, 0.4) is 0 Å². The van der Waals surface area contributed by atoms with E-state index in [1.807, 2.05) is 6.07 Å². The van der Waals surface area contributed by atoms with E-state index in [1.165, 1.54) is 30.5 Å². The van der Waals surface area contributed by atoms with Crippen LogP contribution >= 0.6 is 11.6 Å². The van der Waals surface area contributed by atoms with Gasteiger partial charge in [0.2, 0.25) is 5.78 Å². The number of rotatable bonds is 5. The van der Waals surface area contributed by atoms with E-state index in [0.717, 1.165) is 12.8 Å². The minimum Gasteiger partial charge on any atom is -0.444 e. The molecule has 1 saturated carbocycles. The summed E-state index contributed by atoms with van der Waals surface area (Å²) in [6, 6.07) is 6.94. The first-order valence-electron chi connectivity index (χ1n) is 9.49. The molecule has 1 heterocycles. The quantitative estimate of drug-likeness (QED) is 0.678. The monoisotopic (exact) mass is 429 g/mol. The van der Waals surface area contributed by atoms with Gasteiger partial charge in [0, 0.05) is 11.8 Å².